The fraction of sp³-hybridized carbons (Fsp3) is 0.103. The molecule has 246 valence electrons. The first kappa shape index (κ1) is 31.5. The largest absolute Gasteiger partial charge is 0.505 e. The summed E-state index contributed by atoms with van der Waals surface area (Å²) in [7, 11) is 0. The number of benzene rings is 4. The zero-order chi connectivity index (χ0) is 34.4. The predicted molar refractivity (Wildman–Crippen MR) is 196 cm³/mol. The summed E-state index contributed by atoms with van der Waals surface area (Å²) in [4.78, 5) is 34.0. The van der Waals surface area contributed by atoms with Gasteiger partial charge in [-0.15, -0.1) is 10.2 Å². The molecule has 7 aromatic rings. The van der Waals surface area contributed by atoms with Crippen molar-refractivity contribution < 1.29 is 19.4 Å². The normalized spacial score (nSPS) is 15.7. The number of ether oxygens (including phenoxy) is 1. The molecule has 1 aliphatic rings. The second-order valence-corrected chi connectivity index (χ2v) is 14.0. The van der Waals surface area contributed by atoms with Gasteiger partial charge in [0.05, 0.1) is 17.3 Å². The first-order valence-electron chi connectivity index (χ1n) is 15.9. The molecule has 1 amide bonds. The Labute approximate surface area is 295 Å². The lowest BCUT2D eigenvalue weighted by molar-refractivity contribution is -0.132. The molecule has 1 fully saturated rings. The maximum atomic E-state index is 14.0. The number of carbonyl (C=O) groups is 2. The lowest BCUT2D eigenvalue weighted by atomic mass is 9.96. The molecule has 1 N–H and O–H groups in total. The van der Waals surface area contributed by atoms with Crippen LogP contribution < -0.4 is 9.64 Å². The van der Waals surface area contributed by atoms with E-state index >= 15 is 0 Å². The number of imidazole rings is 1. The number of pyridine rings is 1. The van der Waals surface area contributed by atoms with Crippen LogP contribution in [-0.2, 0) is 15.3 Å². The molecular formula is C39H29N5O4S2. The van der Waals surface area contributed by atoms with Gasteiger partial charge in [0, 0.05) is 11.9 Å². The van der Waals surface area contributed by atoms with Crippen molar-refractivity contribution in [1.82, 2.24) is 19.6 Å². The number of aromatic nitrogens is 4. The molecular weight excluding hydrogens is 667 g/mol. The molecule has 0 radical (unpaired) electrons. The average Bonchev–Trinajstić information content (AvgIpc) is 3.82. The number of Topliss-reactive ketones (excluding diaryl/α,β-unsaturated/α-hetero) is 1. The van der Waals surface area contributed by atoms with Gasteiger partial charge in [-0.25, -0.2) is 4.98 Å². The van der Waals surface area contributed by atoms with Gasteiger partial charge in [0.2, 0.25) is 5.13 Å². The topological polar surface area (TPSA) is 110 Å². The van der Waals surface area contributed by atoms with Gasteiger partial charge in [-0.3, -0.25) is 14.5 Å². The molecule has 0 bridgehead atoms. The van der Waals surface area contributed by atoms with E-state index in [-0.39, 0.29) is 22.2 Å². The third-order valence-electron chi connectivity index (χ3n) is 8.74. The lowest BCUT2D eigenvalue weighted by Crippen LogP contribution is -2.29. The molecule has 8 rings (SSSR count). The van der Waals surface area contributed by atoms with Crippen LogP contribution in [0, 0.1) is 13.8 Å². The standard InChI is InChI=1S/C39H29N5O4S2/c1-23-11-10-20-43-24(2)32(40-36(23)43)34(45)31-33(26-14-9-18-29(21-26)48-28-16-4-3-5-17-28)44(37(47)35(31)46)38-41-42-39(50-38)49-22-27-15-8-13-25-12-6-7-19-30(25)27/h3-21,33,45H,22H2,1-2H3. The highest BCUT2D eigenvalue weighted by atomic mass is 32.2. The Morgan fingerprint density at radius 2 is 1.64 bits per heavy atom. The Kier molecular flexibility index (Phi) is 8.14. The van der Waals surface area contributed by atoms with Crippen LogP contribution in [0.2, 0.25) is 0 Å². The SMILES string of the molecule is Cc1cccn2c(C)c(C(O)=C3C(=O)C(=O)N(c4nnc(SCc5cccc6ccccc56)s4)C3c3cccc(Oc4ccccc4)c3)nc12. The molecule has 50 heavy (non-hydrogen) atoms. The van der Waals surface area contributed by atoms with Gasteiger partial charge in [0.1, 0.15) is 22.8 Å². The average molecular weight is 696 g/mol. The van der Waals surface area contributed by atoms with Gasteiger partial charge in [-0.05, 0) is 71.6 Å². The van der Waals surface area contributed by atoms with E-state index in [4.69, 9.17) is 9.72 Å². The maximum absolute atomic E-state index is 14.0. The fourth-order valence-electron chi connectivity index (χ4n) is 6.31. The molecule has 0 spiro atoms. The molecule has 1 atom stereocenters. The number of aliphatic hydroxyl groups is 1. The molecule has 0 saturated carbocycles. The van der Waals surface area contributed by atoms with Gasteiger partial charge >= 0.3 is 5.91 Å². The quantitative estimate of drug-likeness (QED) is 0.0553. The van der Waals surface area contributed by atoms with Crippen LogP contribution in [0.4, 0.5) is 5.13 Å². The van der Waals surface area contributed by atoms with Crippen molar-refractivity contribution in [2.45, 2.75) is 30.0 Å². The van der Waals surface area contributed by atoms with E-state index in [0.717, 1.165) is 21.9 Å². The van der Waals surface area contributed by atoms with Gasteiger partial charge in [0.15, 0.2) is 10.1 Å². The second-order valence-electron chi connectivity index (χ2n) is 11.9. The number of hydrogen-bond acceptors (Lipinski definition) is 9. The first-order chi connectivity index (χ1) is 24.4. The Morgan fingerprint density at radius 1 is 0.880 bits per heavy atom. The Bertz CT molecular complexity index is 2470. The van der Waals surface area contributed by atoms with Crippen LogP contribution in [0.1, 0.15) is 34.1 Å². The van der Waals surface area contributed by atoms with Crippen LogP contribution in [0.25, 0.3) is 22.2 Å². The third kappa shape index (κ3) is 5.60. The zero-order valence-corrected chi connectivity index (χ0v) is 28.6. The van der Waals surface area contributed by atoms with E-state index < -0.39 is 17.7 Å². The van der Waals surface area contributed by atoms with Gasteiger partial charge < -0.3 is 14.2 Å². The van der Waals surface area contributed by atoms with Crippen molar-refractivity contribution >= 4 is 62.1 Å². The van der Waals surface area contributed by atoms with Gasteiger partial charge in [0.25, 0.3) is 5.78 Å². The third-order valence-corrected chi connectivity index (χ3v) is 10.8. The molecule has 1 unspecified atom stereocenters. The highest BCUT2D eigenvalue weighted by Crippen LogP contribution is 2.45. The van der Waals surface area contributed by atoms with Crippen molar-refractivity contribution in [2.24, 2.45) is 0 Å². The van der Waals surface area contributed by atoms with E-state index in [1.807, 2.05) is 85.1 Å². The summed E-state index contributed by atoms with van der Waals surface area (Å²) in [5.74, 6) is -0.237. The number of nitrogens with zero attached hydrogens (tertiary/aromatic N) is 5. The molecule has 1 aliphatic heterocycles. The Balaban J connectivity index is 1.21. The number of aliphatic hydroxyl groups excluding tert-OH is 1. The van der Waals surface area contributed by atoms with Crippen LogP contribution in [0.5, 0.6) is 11.5 Å². The number of thioether (sulfide) groups is 1. The minimum atomic E-state index is -1.02. The second kappa shape index (κ2) is 12.9. The smallest absolute Gasteiger partial charge is 0.301 e. The number of para-hydroxylation sites is 1. The number of fused-ring (bicyclic) bond motifs is 2. The van der Waals surface area contributed by atoms with Crippen LogP contribution in [0.15, 0.2) is 125 Å². The summed E-state index contributed by atoms with van der Waals surface area (Å²) >= 11 is 2.73. The summed E-state index contributed by atoms with van der Waals surface area (Å²) in [5, 5.41) is 23.3. The monoisotopic (exact) mass is 695 g/mol. The number of aryl methyl sites for hydroxylation is 2. The summed E-state index contributed by atoms with van der Waals surface area (Å²) in [6.45, 7) is 3.74. The van der Waals surface area contributed by atoms with Gasteiger partial charge in [-0.1, -0.05) is 102 Å². The predicted octanol–water partition coefficient (Wildman–Crippen LogP) is 8.67. The van der Waals surface area contributed by atoms with E-state index in [0.29, 0.717) is 38.5 Å². The molecule has 1 saturated heterocycles. The van der Waals surface area contributed by atoms with E-state index in [1.165, 1.54) is 28.0 Å². The van der Waals surface area contributed by atoms with Crippen LogP contribution in [-0.4, -0.2) is 36.4 Å². The molecule has 0 aliphatic carbocycles. The van der Waals surface area contributed by atoms with Crippen LogP contribution >= 0.6 is 23.1 Å². The summed E-state index contributed by atoms with van der Waals surface area (Å²) in [6.07, 6.45) is 1.85. The molecule has 9 nitrogen and oxygen atoms in total. The minimum Gasteiger partial charge on any atom is -0.505 e. The van der Waals surface area contributed by atoms with Gasteiger partial charge in [-0.2, -0.15) is 0 Å². The van der Waals surface area contributed by atoms with Crippen molar-refractivity contribution in [2.75, 3.05) is 4.90 Å². The minimum absolute atomic E-state index is 0.0869. The van der Waals surface area contributed by atoms with E-state index in [1.54, 1.807) is 24.3 Å². The Morgan fingerprint density at radius 3 is 2.48 bits per heavy atom. The van der Waals surface area contributed by atoms with Crippen molar-refractivity contribution in [3.63, 3.8) is 0 Å². The summed E-state index contributed by atoms with van der Waals surface area (Å²) < 4.78 is 8.62. The number of hydrogen-bond donors (Lipinski definition) is 1. The number of ketones is 1. The fourth-order valence-corrected chi connectivity index (χ4v) is 8.18. The molecule has 11 heteroatoms. The Hall–Kier alpha value is -5.78. The van der Waals surface area contributed by atoms with E-state index in [2.05, 4.69) is 34.5 Å². The van der Waals surface area contributed by atoms with Crippen molar-refractivity contribution in [3.05, 3.63) is 149 Å². The highest BCUT2D eigenvalue weighted by molar-refractivity contribution is 8.00. The number of amides is 1. The maximum Gasteiger partial charge on any atom is 0.301 e. The number of carbonyl (C=O) groups excluding carboxylic acids is 2. The highest BCUT2D eigenvalue weighted by Gasteiger charge is 2.49. The molecule has 3 aromatic heterocycles. The van der Waals surface area contributed by atoms with Crippen molar-refractivity contribution in [3.8, 4) is 11.5 Å². The van der Waals surface area contributed by atoms with Crippen molar-refractivity contribution in [1.29, 1.82) is 0 Å². The lowest BCUT2D eigenvalue weighted by Gasteiger charge is -2.23. The molecule has 4 aromatic carbocycles. The number of rotatable bonds is 8. The summed E-state index contributed by atoms with van der Waals surface area (Å²) in [6, 6.07) is 33.7. The molecule has 4 heterocycles. The summed E-state index contributed by atoms with van der Waals surface area (Å²) in [5.41, 5.74) is 4.03. The first-order valence-corrected chi connectivity index (χ1v) is 17.7. The zero-order valence-electron chi connectivity index (χ0n) is 27.0. The number of anilines is 1. The van der Waals surface area contributed by atoms with Crippen LogP contribution in [0.3, 0.4) is 0 Å². The van der Waals surface area contributed by atoms with E-state index in [9.17, 15) is 14.7 Å².